The van der Waals surface area contributed by atoms with Gasteiger partial charge >= 0.3 is 56.0 Å². The summed E-state index contributed by atoms with van der Waals surface area (Å²) >= 11 is -1.83. The number of hydrogen-bond acceptors (Lipinski definition) is 0. The van der Waals surface area contributed by atoms with E-state index < -0.39 is 14.8 Å². The Balaban J connectivity index is -0.0000000435. The van der Waals surface area contributed by atoms with Crippen LogP contribution in [-0.2, 0) is 26.2 Å². The zero-order valence-electron chi connectivity index (χ0n) is 12.9. The van der Waals surface area contributed by atoms with E-state index in [0.29, 0.717) is 19.6 Å². The first-order valence-corrected chi connectivity index (χ1v) is 11.1. The van der Waals surface area contributed by atoms with Crippen LogP contribution in [0.4, 0.5) is 3.50 Å². The van der Waals surface area contributed by atoms with E-state index in [1.165, 1.54) is 0 Å². The van der Waals surface area contributed by atoms with Crippen molar-refractivity contribution in [2.75, 3.05) is 19.6 Å². The molecule has 19 heavy (non-hydrogen) atoms. The Hall–Kier alpha value is 0.716. The summed E-state index contributed by atoms with van der Waals surface area (Å²) in [6, 6.07) is 0. The number of halogens is 1. The Kier molecular flexibility index (Phi) is 71.8. The number of nitrogens with one attached hydrogen (secondary N) is 3. The molecule has 0 unspecified atom stereocenters. The summed E-state index contributed by atoms with van der Waals surface area (Å²) in [6.45, 7) is 6.88. The summed E-state index contributed by atoms with van der Waals surface area (Å²) < 4.78 is 11.2. The fraction of sp³-hybridized carbons (Fsp3) is 0.692. The molecule has 0 bridgehead atoms. The summed E-state index contributed by atoms with van der Waals surface area (Å²) in [5, 5.41) is 0. The Morgan fingerprint density at radius 3 is 1.37 bits per heavy atom. The monoisotopic (exact) mass is 410 g/mol. The second-order valence-electron chi connectivity index (χ2n) is 2.94. The predicted octanol–water partition coefficient (Wildman–Crippen LogP) is 5.69. The Morgan fingerprint density at radius 1 is 1.05 bits per heavy atom. The molecule has 0 spiro atoms. The van der Waals surface area contributed by atoms with Crippen molar-refractivity contribution in [2.45, 2.75) is 38.7 Å². The standard InChI is InChI=1S/C5H5.C2H6FGe.3C2H6N.Zr/c1-2-4-5-3-1;1-4(2)3;3*1-2-3;/h1-3H,4H2;1-2H3;3*3H,2H2,1H3;/q-1;;3*-1;+4. The van der Waals surface area contributed by atoms with E-state index in [0.717, 1.165) is 6.42 Å². The van der Waals surface area contributed by atoms with E-state index in [-0.39, 0.29) is 26.2 Å². The minimum atomic E-state index is -1.83. The third-order valence-corrected chi connectivity index (χ3v) is 0.586. The molecule has 1 aliphatic rings. The van der Waals surface area contributed by atoms with Crippen molar-refractivity contribution in [3.05, 3.63) is 41.5 Å². The molecule has 0 aromatic rings. The zero-order valence-corrected chi connectivity index (χ0v) is 17.5. The molecule has 0 atom stereocenters. The van der Waals surface area contributed by atoms with Crippen molar-refractivity contribution in [1.82, 2.24) is 0 Å². The van der Waals surface area contributed by atoms with Gasteiger partial charge in [-0.3, -0.25) is 6.08 Å². The van der Waals surface area contributed by atoms with Crippen molar-refractivity contribution >= 4 is 14.8 Å². The van der Waals surface area contributed by atoms with Gasteiger partial charge in [-0.25, -0.2) is 12.2 Å². The summed E-state index contributed by atoms with van der Waals surface area (Å²) in [7, 11) is 0. The number of rotatable bonds is 0. The minimum absolute atomic E-state index is 0. The summed E-state index contributed by atoms with van der Waals surface area (Å²) in [6.07, 6.45) is 10.0. The SMILES string of the molecule is CC[NH-].CC[NH-].CC[NH-].[C-]1=CC=CC1.[CH3][Ge]([CH3])[F].[Zr+4]. The van der Waals surface area contributed by atoms with E-state index in [2.05, 4.69) is 12.2 Å². The molecule has 3 N–H and O–H groups in total. The van der Waals surface area contributed by atoms with Crippen LogP contribution in [0.15, 0.2) is 18.2 Å². The summed E-state index contributed by atoms with van der Waals surface area (Å²) in [4.78, 5) is 0. The van der Waals surface area contributed by atoms with E-state index in [9.17, 15) is 3.50 Å². The van der Waals surface area contributed by atoms with Crippen molar-refractivity contribution in [3.8, 4) is 0 Å². The molecule has 111 valence electrons. The van der Waals surface area contributed by atoms with Gasteiger partial charge in [-0.05, 0) is 0 Å². The molecule has 0 fully saturated rings. The van der Waals surface area contributed by atoms with Crippen molar-refractivity contribution < 1.29 is 29.7 Å². The molecule has 3 nitrogen and oxygen atoms in total. The van der Waals surface area contributed by atoms with E-state index in [4.69, 9.17) is 17.2 Å². The van der Waals surface area contributed by atoms with Crippen LogP contribution in [0.25, 0.3) is 17.2 Å². The van der Waals surface area contributed by atoms with Crippen LogP contribution in [0.1, 0.15) is 27.2 Å². The quantitative estimate of drug-likeness (QED) is 0.364. The smallest absolute Gasteiger partial charge is 4.00 e. The van der Waals surface area contributed by atoms with Crippen molar-refractivity contribution in [3.63, 3.8) is 0 Å². The first kappa shape index (κ1) is 31.9. The van der Waals surface area contributed by atoms with E-state index in [1.54, 1.807) is 32.3 Å². The van der Waals surface area contributed by atoms with Crippen LogP contribution in [0.5, 0.6) is 0 Å². The normalized spacial score (nSPS) is 9.37. The van der Waals surface area contributed by atoms with Gasteiger partial charge in [0.25, 0.3) is 0 Å². The fourth-order valence-corrected chi connectivity index (χ4v) is 0.340. The molecule has 0 saturated heterocycles. The van der Waals surface area contributed by atoms with Gasteiger partial charge in [0.15, 0.2) is 0 Å². The van der Waals surface area contributed by atoms with Crippen LogP contribution in [0, 0.1) is 6.08 Å². The molecule has 0 aromatic carbocycles. The van der Waals surface area contributed by atoms with Crippen molar-refractivity contribution in [2.24, 2.45) is 0 Å². The number of allylic oxidation sites excluding steroid dienone is 4. The Bertz CT molecular complexity index is 139. The maximum atomic E-state index is 11.2. The van der Waals surface area contributed by atoms with Gasteiger partial charge in [-0.15, -0.1) is 6.42 Å². The maximum Gasteiger partial charge on any atom is 4.00 e. The van der Waals surface area contributed by atoms with Crippen LogP contribution in [-0.4, -0.2) is 34.4 Å². The first-order chi connectivity index (χ1) is 8.47. The first-order valence-electron chi connectivity index (χ1n) is 6.09. The molecule has 0 aliphatic heterocycles. The molecular weight excluding hydrogens is 381 g/mol. The van der Waals surface area contributed by atoms with Gasteiger partial charge < -0.3 is 17.2 Å². The fourth-order valence-electron chi connectivity index (χ4n) is 0.340. The van der Waals surface area contributed by atoms with Crippen LogP contribution >= 0.6 is 0 Å². The largest absolute Gasteiger partial charge is 4.00 e. The Labute approximate surface area is 144 Å². The predicted molar refractivity (Wildman–Crippen MR) is 84.7 cm³/mol. The molecule has 0 aromatic heterocycles. The van der Waals surface area contributed by atoms with Crippen LogP contribution < -0.4 is 0 Å². The van der Waals surface area contributed by atoms with E-state index >= 15 is 0 Å². The molecule has 1 aliphatic carbocycles. The van der Waals surface area contributed by atoms with Crippen molar-refractivity contribution in [1.29, 1.82) is 0 Å². The van der Waals surface area contributed by atoms with Crippen LogP contribution in [0.2, 0.25) is 11.5 Å². The zero-order chi connectivity index (χ0) is 15.2. The summed E-state index contributed by atoms with van der Waals surface area (Å²) in [5.41, 5.74) is 18.6. The second-order valence-corrected chi connectivity index (χ2v) is 6.63. The molecule has 6 heteroatoms. The molecular formula is C13H29FGeN3Zr. The topological polar surface area (TPSA) is 71.4 Å². The second kappa shape index (κ2) is 42.8. The van der Waals surface area contributed by atoms with Gasteiger partial charge in [-0.2, -0.15) is 25.7 Å². The molecule has 0 amide bonds. The molecule has 0 saturated carbocycles. The Morgan fingerprint density at radius 2 is 1.32 bits per heavy atom. The third kappa shape index (κ3) is 160. The minimum Gasteiger partial charge on any atom is 4.00 e. The van der Waals surface area contributed by atoms with Gasteiger partial charge in [-0.1, -0.05) is 20.8 Å². The van der Waals surface area contributed by atoms with Gasteiger partial charge in [0.1, 0.15) is 0 Å². The average Bonchev–Trinajstić information content (AvgIpc) is 2.76. The van der Waals surface area contributed by atoms with E-state index in [1.807, 2.05) is 12.2 Å². The third-order valence-electron chi connectivity index (χ3n) is 0.586. The van der Waals surface area contributed by atoms with Crippen LogP contribution in [0.3, 0.4) is 0 Å². The molecule has 0 heterocycles. The molecule has 1 rings (SSSR count). The van der Waals surface area contributed by atoms with Gasteiger partial charge in [0.2, 0.25) is 0 Å². The average molecular weight is 410 g/mol. The maximum absolute atomic E-state index is 11.2. The number of hydrogen-bond donors (Lipinski definition) is 0. The van der Waals surface area contributed by atoms with Gasteiger partial charge in [0.05, 0.1) is 0 Å². The molecule has 1 radical (unpaired) electrons. The van der Waals surface area contributed by atoms with Gasteiger partial charge in [0, 0.05) is 0 Å². The summed E-state index contributed by atoms with van der Waals surface area (Å²) in [5.74, 6) is 3.33.